The van der Waals surface area contributed by atoms with Gasteiger partial charge in [-0.15, -0.1) is 10.2 Å². The minimum absolute atomic E-state index is 0.0333. The van der Waals surface area contributed by atoms with Crippen molar-refractivity contribution in [1.29, 1.82) is 0 Å². The van der Waals surface area contributed by atoms with Gasteiger partial charge >= 0.3 is 0 Å². The highest BCUT2D eigenvalue weighted by Gasteiger charge is 2.37. The number of carbonyl (C=O) groups excluding carboxylic acids is 2. The van der Waals surface area contributed by atoms with Crippen molar-refractivity contribution in [3.05, 3.63) is 12.2 Å². The molecule has 1 aromatic heterocycles. The summed E-state index contributed by atoms with van der Waals surface area (Å²) in [6, 6.07) is 0.0586. The van der Waals surface area contributed by atoms with Crippen LogP contribution in [0.2, 0.25) is 0 Å². The Balaban J connectivity index is 1.46. The summed E-state index contributed by atoms with van der Waals surface area (Å²) in [6.07, 6.45) is 9.13. The molecule has 0 radical (unpaired) electrons. The molecule has 1 saturated carbocycles. The first-order valence-corrected chi connectivity index (χ1v) is 10.1. The number of aromatic nitrogens is 3. The van der Waals surface area contributed by atoms with Gasteiger partial charge in [0, 0.05) is 39.0 Å². The lowest BCUT2D eigenvalue weighted by Gasteiger charge is -2.39. The predicted molar refractivity (Wildman–Crippen MR) is 96.0 cm³/mol. The highest BCUT2D eigenvalue weighted by Crippen LogP contribution is 2.35. The van der Waals surface area contributed by atoms with Crippen molar-refractivity contribution in [2.75, 3.05) is 19.6 Å². The van der Waals surface area contributed by atoms with Crippen LogP contribution < -0.4 is 0 Å². The Kier molecular flexibility index (Phi) is 4.96. The van der Waals surface area contributed by atoms with Crippen LogP contribution in [0.15, 0.2) is 6.33 Å². The second-order valence-corrected chi connectivity index (χ2v) is 8.11. The number of carbonyl (C=O) groups is 2. The lowest BCUT2D eigenvalue weighted by molar-refractivity contribution is -0.143. The minimum Gasteiger partial charge on any atom is -0.343 e. The van der Waals surface area contributed by atoms with Gasteiger partial charge < -0.3 is 14.4 Å². The Morgan fingerprint density at radius 3 is 2.54 bits per heavy atom. The Labute approximate surface area is 154 Å². The van der Waals surface area contributed by atoms with Crippen molar-refractivity contribution in [3.63, 3.8) is 0 Å². The number of nitrogens with zero attached hydrogens (tertiary/aromatic N) is 5. The van der Waals surface area contributed by atoms with Crippen LogP contribution in [0.4, 0.5) is 0 Å². The van der Waals surface area contributed by atoms with Crippen LogP contribution in [0.5, 0.6) is 0 Å². The van der Waals surface area contributed by atoms with E-state index in [2.05, 4.69) is 19.7 Å². The maximum absolute atomic E-state index is 13.2. The van der Waals surface area contributed by atoms with Gasteiger partial charge in [-0.25, -0.2) is 0 Å². The van der Waals surface area contributed by atoms with E-state index < -0.39 is 0 Å². The standard InChI is InChI=1S/C19H29N5O2/c1-14(25)22-10-7-16(8-11-22)19(26)24-9-3-2-4-17(24)18-21-20-13-23(18)12-15-5-6-15/h13,15-17H,2-12H2,1H3/t17-/m1/s1. The maximum Gasteiger partial charge on any atom is 0.226 e. The van der Waals surface area contributed by atoms with E-state index in [0.717, 1.165) is 56.9 Å². The molecule has 26 heavy (non-hydrogen) atoms. The molecule has 3 aliphatic rings. The summed E-state index contributed by atoms with van der Waals surface area (Å²) in [7, 11) is 0. The molecule has 142 valence electrons. The molecule has 0 bridgehead atoms. The van der Waals surface area contributed by atoms with Crippen molar-refractivity contribution in [2.45, 2.75) is 64.5 Å². The van der Waals surface area contributed by atoms with Gasteiger partial charge in [-0.1, -0.05) is 0 Å². The van der Waals surface area contributed by atoms with Crippen molar-refractivity contribution in [3.8, 4) is 0 Å². The van der Waals surface area contributed by atoms with Gasteiger partial charge in [0.25, 0.3) is 0 Å². The fraction of sp³-hybridized carbons (Fsp3) is 0.789. The smallest absolute Gasteiger partial charge is 0.226 e. The average Bonchev–Trinajstić information content (AvgIpc) is 3.36. The highest BCUT2D eigenvalue weighted by molar-refractivity contribution is 5.80. The quantitative estimate of drug-likeness (QED) is 0.824. The first-order valence-electron chi connectivity index (χ1n) is 10.1. The molecule has 1 atom stereocenters. The molecule has 2 saturated heterocycles. The zero-order valence-electron chi connectivity index (χ0n) is 15.6. The third kappa shape index (κ3) is 3.62. The molecule has 0 spiro atoms. The highest BCUT2D eigenvalue weighted by atomic mass is 16.2. The summed E-state index contributed by atoms with van der Waals surface area (Å²) in [5.74, 6) is 2.12. The lowest BCUT2D eigenvalue weighted by Crippen LogP contribution is -2.46. The fourth-order valence-electron chi connectivity index (χ4n) is 4.38. The van der Waals surface area contributed by atoms with E-state index in [1.807, 2.05) is 11.2 Å². The predicted octanol–water partition coefficient (Wildman–Crippen LogP) is 2.00. The Morgan fingerprint density at radius 1 is 1.08 bits per heavy atom. The number of hydrogen-bond donors (Lipinski definition) is 0. The molecule has 0 aromatic carbocycles. The number of amides is 2. The lowest BCUT2D eigenvalue weighted by atomic mass is 9.92. The van der Waals surface area contributed by atoms with Crippen molar-refractivity contribution in [1.82, 2.24) is 24.6 Å². The van der Waals surface area contributed by atoms with Crippen molar-refractivity contribution in [2.24, 2.45) is 11.8 Å². The monoisotopic (exact) mass is 359 g/mol. The van der Waals surface area contributed by atoms with Gasteiger partial charge in [0.2, 0.25) is 11.8 Å². The average molecular weight is 359 g/mol. The van der Waals surface area contributed by atoms with E-state index in [0.29, 0.717) is 13.1 Å². The summed E-state index contributed by atoms with van der Waals surface area (Å²) < 4.78 is 2.17. The first-order chi connectivity index (χ1) is 12.6. The van der Waals surface area contributed by atoms with Gasteiger partial charge in [-0.05, 0) is 50.9 Å². The van der Waals surface area contributed by atoms with Gasteiger partial charge in [-0.2, -0.15) is 0 Å². The second-order valence-electron chi connectivity index (χ2n) is 8.11. The third-order valence-corrected chi connectivity index (χ3v) is 6.17. The molecule has 1 aromatic rings. The van der Waals surface area contributed by atoms with Gasteiger partial charge in [-0.3, -0.25) is 9.59 Å². The Hall–Kier alpha value is -1.92. The molecule has 1 aliphatic carbocycles. The number of likely N-dealkylation sites (tertiary alicyclic amines) is 2. The van der Waals surface area contributed by atoms with Gasteiger partial charge in [0.15, 0.2) is 5.82 Å². The molecular weight excluding hydrogens is 330 g/mol. The van der Waals surface area contributed by atoms with Gasteiger partial charge in [0.1, 0.15) is 6.33 Å². The van der Waals surface area contributed by atoms with E-state index in [-0.39, 0.29) is 23.8 Å². The van der Waals surface area contributed by atoms with E-state index in [1.54, 1.807) is 6.92 Å². The number of rotatable bonds is 4. The van der Waals surface area contributed by atoms with E-state index in [4.69, 9.17) is 0 Å². The molecule has 3 heterocycles. The van der Waals surface area contributed by atoms with E-state index >= 15 is 0 Å². The van der Waals surface area contributed by atoms with Crippen LogP contribution in [-0.4, -0.2) is 56.0 Å². The zero-order chi connectivity index (χ0) is 18.1. The Bertz CT molecular complexity index is 661. The summed E-state index contributed by atoms with van der Waals surface area (Å²) in [4.78, 5) is 28.7. The van der Waals surface area contributed by atoms with Crippen LogP contribution in [0.25, 0.3) is 0 Å². The van der Waals surface area contributed by atoms with Crippen LogP contribution in [0.3, 0.4) is 0 Å². The Morgan fingerprint density at radius 2 is 1.85 bits per heavy atom. The van der Waals surface area contributed by atoms with E-state index in [9.17, 15) is 9.59 Å². The van der Waals surface area contributed by atoms with Crippen LogP contribution in [0, 0.1) is 11.8 Å². The molecular formula is C19H29N5O2. The topological polar surface area (TPSA) is 71.3 Å². The molecule has 3 fully saturated rings. The molecule has 2 aliphatic heterocycles. The second kappa shape index (κ2) is 7.37. The summed E-state index contributed by atoms with van der Waals surface area (Å²) in [5.41, 5.74) is 0. The maximum atomic E-state index is 13.2. The molecule has 4 rings (SSSR count). The van der Waals surface area contributed by atoms with Crippen LogP contribution in [-0.2, 0) is 16.1 Å². The molecule has 2 amide bonds. The van der Waals surface area contributed by atoms with Crippen LogP contribution in [0.1, 0.15) is 63.7 Å². The summed E-state index contributed by atoms with van der Waals surface area (Å²) in [6.45, 7) is 4.80. The van der Waals surface area contributed by atoms with Crippen molar-refractivity contribution >= 4 is 11.8 Å². The number of piperidine rings is 2. The molecule has 7 heteroatoms. The normalized spacial score (nSPS) is 24.7. The minimum atomic E-state index is 0.0333. The zero-order valence-corrected chi connectivity index (χ0v) is 15.6. The summed E-state index contributed by atoms with van der Waals surface area (Å²) >= 11 is 0. The fourth-order valence-corrected chi connectivity index (χ4v) is 4.38. The third-order valence-electron chi connectivity index (χ3n) is 6.17. The molecule has 0 unspecified atom stereocenters. The molecule has 0 N–H and O–H groups in total. The largest absolute Gasteiger partial charge is 0.343 e. The van der Waals surface area contributed by atoms with Gasteiger partial charge in [0.05, 0.1) is 6.04 Å². The SMILES string of the molecule is CC(=O)N1CCC(C(=O)N2CCCC[C@@H]2c2nncn2CC2CC2)CC1. The van der Waals surface area contributed by atoms with Crippen LogP contribution >= 0.6 is 0 Å². The van der Waals surface area contributed by atoms with Crippen molar-refractivity contribution < 1.29 is 9.59 Å². The van der Waals surface area contributed by atoms with E-state index in [1.165, 1.54) is 12.8 Å². The summed E-state index contributed by atoms with van der Waals surface area (Å²) in [5, 5.41) is 8.54. The number of hydrogen-bond acceptors (Lipinski definition) is 4. The first kappa shape index (κ1) is 17.5. The molecule has 7 nitrogen and oxygen atoms in total.